The van der Waals surface area contributed by atoms with Gasteiger partial charge < -0.3 is 15.7 Å². The molecule has 0 radical (unpaired) electrons. The van der Waals surface area contributed by atoms with Crippen molar-refractivity contribution in [3.63, 3.8) is 0 Å². The highest BCUT2D eigenvalue weighted by Crippen LogP contribution is 2.10. The van der Waals surface area contributed by atoms with E-state index in [-0.39, 0.29) is 11.8 Å². The predicted molar refractivity (Wildman–Crippen MR) is 92.8 cm³/mol. The summed E-state index contributed by atoms with van der Waals surface area (Å²) in [6.07, 6.45) is 5.15. The zero-order valence-electron chi connectivity index (χ0n) is 15.3. The van der Waals surface area contributed by atoms with Crippen molar-refractivity contribution in [3.8, 4) is 0 Å². The van der Waals surface area contributed by atoms with Crippen LogP contribution in [0.25, 0.3) is 0 Å². The Morgan fingerprint density at radius 1 is 1.16 bits per heavy atom. The SMILES string of the molecule is CCC[C@H](NC(=O)[C@@H](NC(=O)c1cc[n+](C)cc1)[C@@H](C)CC)C(=O)O. The number of pyridine rings is 1. The van der Waals surface area contributed by atoms with Crippen molar-refractivity contribution < 1.29 is 24.1 Å². The van der Waals surface area contributed by atoms with Gasteiger partial charge in [0.15, 0.2) is 12.4 Å². The molecule has 3 N–H and O–H groups in total. The van der Waals surface area contributed by atoms with Crippen molar-refractivity contribution in [3.05, 3.63) is 30.1 Å². The zero-order valence-corrected chi connectivity index (χ0v) is 15.3. The van der Waals surface area contributed by atoms with E-state index in [4.69, 9.17) is 0 Å². The number of carbonyl (C=O) groups excluding carboxylic acids is 2. The summed E-state index contributed by atoms with van der Waals surface area (Å²) in [4.78, 5) is 36.2. The minimum absolute atomic E-state index is 0.125. The van der Waals surface area contributed by atoms with Crippen LogP contribution in [0.1, 0.15) is 50.4 Å². The first-order chi connectivity index (χ1) is 11.8. The van der Waals surface area contributed by atoms with Crippen LogP contribution in [0.5, 0.6) is 0 Å². The molecule has 2 amide bonds. The molecular formula is C18H28N3O4+. The van der Waals surface area contributed by atoms with Crippen LogP contribution in [0.4, 0.5) is 0 Å². The third kappa shape index (κ3) is 6.17. The van der Waals surface area contributed by atoms with Crippen molar-refractivity contribution in [1.29, 1.82) is 0 Å². The quantitative estimate of drug-likeness (QED) is 0.579. The number of aryl methyl sites for hydroxylation is 1. The number of aromatic nitrogens is 1. The number of amides is 2. The molecule has 0 aliphatic heterocycles. The van der Waals surface area contributed by atoms with Crippen molar-refractivity contribution in [2.24, 2.45) is 13.0 Å². The highest BCUT2D eigenvalue weighted by atomic mass is 16.4. The molecule has 1 rings (SSSR count). The molecule has 0 aliphatic rings. The van der Waals surface area contributed by atoms with Gasteiger partial charge in [0.2, 0.25) is 5.91 Å². The maximum atomic E-state index is 12.6. The van der Waals surface area contributed by atoms with Crippen LogP contribution in [-0.2, 0) is 16.6 Å². The topological polar surface area (TPSA) is 99.4 Å². The van der Waals surface area contributed by atoms with Crippen molar-refractivity contribution in [2.75, 3.05) is 0 Å². The Morgan fingerprint density at radius 2 is 1.76 bits per heavy atom. The normalized spacial score (nSPS) is 14.2. The van der Waals surface area contributed by atoms with Crippen LogP contribution in [-0.4, -0.2) is 35.0 Å². The number of nitrogens with one attached hydrogen (secondary N) is 2. The largest absolute Gasteiger partial charge is 0.480 e. The molecule has 0 aromatic carbocycles. The Bertz CT molecular complexity index is 601. The summed E-state index contributed by atoms with van der Waals surface area (Å²) >= 11 is 0. The lowest BCUT2D eigenvalue weighted by Crippen LogP contribution is -2.54. The molecule has 1 aromatic heterocycles. The number of hydrogen-bond acceptors (Lipinski definition) is 3. The molecule has 1 heterocycles. The van der Waals surface area contributed by atoms with Gasteiger partial charge in [0.25, 0.3) is 5.91 Å². The van der Waals surface area contributed by atoms with Gasteiger partial charge in [-0.1, -0.05) is 33.6 Å². The maximum Gasteiger partial charge on any atom is 0.326 e. The van der Waals surface area contributed by atoms with Crippen LogP contribution >= 0.6 is 0 Å². The minimum Gasteiger partial charge on any atom is -0.480 e. The van der Waals surface area contributed by atoms with Gasteiger partial charge in [-0.2, -0.15) is 0 Å². The van der Waals surface area contributed by atoms with Crippen LogP contribution in [0, 0.1) is 5.92 Å². The van der Waals surface area contributed by atoms with E-state index in [1.807, 2.05) is 27.8 Å². The molecule has 1 aromatic rings. The van der Waals surface area contributed by atoms with E-state index < -0.39 is 24.0 Å². The number of carbonyl (C=O) groups is 3. The molecule has 7 nitrogen and oxygen atoms in total. The number of nitrogens with zero attached hydrogens (tertiary/aromatic N) is 1. The van der Waals surface area contributed by atoms with Gasteiger partial charge in [-0.25, -0.2) is 9.36 Å². The summed E-state index contributed by atoms with van der Waals surface area (Å²) in [5.41, 5.74) is 0.447. The van der Waals surface area contributed by atoms with Crippen molar-refractivity contribution in [1.82, 2.24) is 10.6 Å². The average Bonchev–Trinajstić information content (AvgIpc) is 2.58. The number of carboxylic acid groups (broad SMARTS) is 1. The summed E-state index contributed by atoms with van der Waals surface area (Å²) in [5.74, 6) is -2.02. The molecule has 0 spiro atoms. The Balaban J connectivity index is 2.89. The number of rotatable bonds is 9. The molecule has 7 heteroatoms. The average molecular weight is 350 g/mol. The van der Waals surface area contributed by atoms with E-state index in [2.05, 4.69) is 10.6 Å². The number of carboxylic acids is 1. The molecule has 25 heavy (non-hydrogen) atoms. The Kier molecular flexibility index (Phi) is 8.04. The second-order valence-electron chi connectivity index (χ2n) is 6.28. The monoisotopic (exact) mass is 350 g/mol. The fourth-order valence-corrected chi connectivity index (χ4v) is 2.39. The van der Waals surface area contributed by atoms with Crippen LogP contribution in [0.15, 0.2) is 24.5 Å². The fourth-order valence-electron chi connectivity index (χ4n) is 2.39. The lowest BCUT2D eigenvalue weighted by molar-refractivity contribution is -0.671. The van der Waals surface area contributed by atoms with E-state index in [0.717, 1.165) is 0 Å². The summed E-state index contributed by atoms with van der Waals surface area (Å²) in [6.45, 7) is 5.62. The van der Waals surface area contributed by atoms with Crippen molar-refractivity contribution >= 4 is 17.8 Å². The highest BCUT2D eigenvalue weighted by molar-refractivity contribution is 5.98. The minimum atomic E-state index is -1.07. The standard InChI is InChI=1S/C18H27N3O4/c1-5-7-14(18(24)25)19-17(23)15(12(3)6-2)20-16(22)13-8-10-21(4)11-9-13/h8-12,14-15H,5-7H2,1-4H3,(H2-,19,20,22,23,24,25)/p+1/t12-,14-,15-/m0/s1. The number of hydrogen-bond donors (Lipinski definition) is 3. The van der Waals surface area contributed by atoms with Gasteiger partial charge in [-0.15, -0.1) is 0 Å². The summed E-state index contributed by atoms with van der Waals surface area (Å²) in [5, 5.41) is 14.5. The van der Waals surface area contributed by atoms with Gasteiger partial charge in [-0.3, -0.25) is 9.59 Å². The fraction of sp³-hybridized carbons (Fsp3) is 0.556. The summed E-state index contributed by atoms with van der Waals surface area (Å²) < 4.78 is 1.80. The van der Waals surface area contributed by atoms with Gasteiger partial charge in [0.1, 0.15) is 19.1 Å². The van der Waals surface area contributed by atoms with Gasteiger partial charge in [-0.05, 0) is 12.3 Å². The highest BCUT2D eigenvalue weighted by Gasteiger charge is 2.29. The molecular weight excluding hydrogens is 322 g/mol. The molecule has 3 atom stereocenters. The van der Waals surface area contributed by atoms with Crippen LogP contribution in [0.2, 0.25) is 0 Å². The Hall–Kier alpha value is -2.44. The second-order valence-corrected chi connectivity index (χ2v) is 6.28. The molecule has 0 unspecified atom stereocenters. The molecule has 0 aliphatic carbocycles. The second kappa shape index (κ2) is 9.76. The van der Waals surface area contributed by atoms with Gasteiger partial charge in [0.05, 0.1) is 5.56 Å². The zero-order chi connectivity index (χ0) is 19.0. The lowest BCUT2D eigenvalue weighted by atomic mass is 9.97. The first-order valence-corrected chi connectivity index (χ1v) is 8.59. The van der Waals surface area contributed by atoms with Crippen molar-refractivity contribution in [2.45, 2.75) is 52.1 Å². The van der Waals surface area contributed by atoms with Gasteiger partial charge >= 0.3 is 5.97 Å². The lowest BCUT2D eigenvalue weighted by Gasteiger charge is -2.25. The Morgan fingerprint density at radius 3 is 2.24 bits per heavy atom. The third-order valence-electron chi connectivity index (χ3n) is 4.21. The van der Waals surface area contributed by atoms with E-state index in [1.165, 1.54) is 0 Å². The summed E-state index contributed by atoms with van der Waals surface area (Å²) in [7, 11) is 1.84. The molecule has 0 bridgehead atoms. The smallest absolute Gasteiger partial charge is 0.326 e. The van der Waals surface area contributed by atoms with E-state index in [1.54, 1.807) is 29.1 Å². The first-order valence-electron chi connectivity index (χ1n) is 8.59. The molecule has 0 fully saturated rings. The van der Waals surface area contributed by atoms with E-state index in [0.29, 0.717) is 24.8 Å². The first kappa shape index (κ1) is 20.6. The van der Waals surface area contributed by atoms with E-state index >= 15 is 0 Å². The number of aliphatic carboxylic acids is 1. The molecule has 0 saturated carbocycles. The van der Waals surface area contributed by atoms with Crippen LogP contribution < -0.4 is 15.2 Å². The summed E-state index contributed by atoms with van der Waals surface area (Å²) in [6, 6.07) is 1.60. The predicted octanol–water partition coefficient (Wildman–Crippen LogP) is 1.03. The third-order valence-corrected chi connectivity index (χ3v) is 4.21. The maximum absolute atomic E-state index is 12.6. The molecule has 0 saturated heterocycles. The molecule has 138 valence electrons. The van der Waals surface area contributed by atoms with Crippen LogP contribution in [0.3, 0.4) is 0 Å². The van der Waals surface area contributed by atoms with Gasteiger partial charge in [0, 0.05) is 12.1 Å². The van der Waals surface area contributed by atoms with E-state index in [9.17, 15) is 19.5 Å². The Labute approximate surface area is 148 Å².